The molecule has 0 radical (unpaired) electrons. The van der Waals surface area contributed by atoms with E-state index in [1.54, 1.807) is 0 Å². The lowest BCUT2D eigenvalue weighted by molar-refractivity contribution is 0.450. The van der Waals surface area contributed by atoms with Crippen molar-refractivity contribution in [2.45, 2.75) is 13.5 Å². The van der Waals surface area contributed by atoms with Crippen molar-refractivity contribution in [2.75, 3.05) is 0 Å². The Morgan fingerprint density at radius 1 is 1.54 bits per heavy atom. The second-order valence-electron chi connectivity index (χ2n) is 2.91. The predicted molar refractivity (Wildman–Crippen MR) is 54.3 cm³/mol. The van der Waals surface area contributed by atoms with Crippen molar-refractivity contribution in [1.29, 1.82) is 0 Å². The maximum atomic E-state index is 5.58. The highest BCUT2D eigenvalue weighted by Gasteiger charge is 2.07. The summed E-state index contributed by atoms with van der Waals surface area (Å²) in [5.41, 5.74) is 8.34. The van der Waals surface area contributed by atoms with E-state index in [1.807, 2.05) is 19.1 Å². The van der Waals surface area contributed by atoms with Crippen LogP contribution in [0.2, 0.25) is 0 Å². The van der Waals surface area contributed by atoms with Crippen molar-refractivity contribution in [2.24, 2.45) is 5.73 Å². The number of benzene rings is 1. The van der Waals surface area contributed by atoms with Gasteiger partial charge in [-0.25, -0.2) is 0 Å². The summed E-state index contributed by atoms with van der Waals surface area (Å²) >= 11 is 3.42. The summed E-state index contributed by atoms with van der Waals surface area (Å²) in [5.74, 6) is 0. The van der Waals surface area contributed by atoms with Gasteiger partial charge in [0.15, 0.2) is 5.58 Å². The lowest BCUT2D eigenvalue weighted by Crippen LogP contribution is -1.96. The molecule has 0 unspecified atom stereocenters. The van der Waals surface area contributed by atoms with Crippen molar-refractivity contribution in [3.05, 3.63) is 27.9 Å². The second-order valence-corrected chi connectivity index (χ2v) is 3.77. The molecule has 0 atom stereocenters. The van der Waals surface area contributed by atoms with Crippen LogP contribution in [0.1, 0.15) is 11.3 Å². The van der Waals surface area contributed by atoms with Gasteiger partial charge >= 0.3 is 0 Å². The van der Waals surface area contributed by atoms with Gasteiger partial charge in [-0.15, -0.1) is 0 Å². The summed E-state index contributed by atoms with van der Waals surface area (Å²) in [6.45, 7) is 2.43. The summed E-state index contributed by atoms with van der Waals surface area (Å²) < 4.78 is 6.08. The molecular formula is C9H9BrN2O. The molecule has 68 valence electrons. The first-order valence-corrected chi connectivity index (χ1v) is 4.76. The zero-order chi connectivity index (χ0) is 9.42. The molecular weight excluding hydrogens is 232 g/mol. The number of aryl methyl sites for hydroxylation is 1. The van der Waals surface area contributed by atoms with Crippen molar-refractivity contribution in [1.82, 2.24) is 5.16 Å². The van der Waals surface area contributed by atoms with E-state index in [0.717, 1.165) is 26.7 Å². The second kappa shape index (κ2) is 3.12. The van der Waals surface area contributed by atoms with Gasteiger partial charge in [0.2, 0.25) is 0 Å². The molecule has 0 aliphatic rings. The fourth-order valence-electron chi connectivity index (χ4n) is 1.28. The first-order valence-electron chi connectivity index (χ1n) is 3.97. The number of rotatable bonds is 1. The van der Waals surface area contributed by atoms with Gasteiger partial charge in [-0.05, 0) is 24.6 Å². The van der Waals surface area contributed by atoms with Gasteiger partial charge in [-0.2, -0.15) is 0 Å². The lowest BCUT2D eigenvalue weighted by Gasteiger charge is -1.99. The molecule has 13 heavy (non-hydrogen) atoms. The van der Waals surface area contributed by atoms with Crippen molar-refractivity contribution >= 4 is 26.9 Å². The van der Waals surface area contributed by atoms with Gasteiger partial charge < -0.3 is 10.3 Å². The number of halogens is 1. The van der Waals surface area contributed by atoms with Gasteiger partial charge in [-0.1, -0.05) is 21.1 Å². The van der Waals surface area contributed by atoms with E-state index in [4.69, 9.17) is 10.3 Å². The third-order valence-electron chi connectivity index (χ3n) is 2.04. The highest BCUT2D eigenvalue weighted by atomic mass is 79.9. The number of nitrogens with zero attached hydrogens (tertiary/aromatic N) is 1. The van der Waals surface area contributed by atoms with E-state index in [9.17, 15) is 0 Å². The highest BCUT2D eigenvalue weighted by Crippen LogP contribution is 2.25. The fraction of sp³-hybridized carbons (Fsp3) is 0.222. The maximum Gasteiger partial charge on any atom is 0.168 e. The number of aromatic nitrogens is 1. The average molecular weight is 241 g/mol. The Morgan fingerprint density at radius 2 is 2.31 bits per heavy atom. The number of hydrogen-bond acceptors (Lipinski definition) is 3. The van der Waals surface area contributed by atoms with Gasteiger partial charge in [0, 0.05) is 16.4 Å². The van der Waals surface area contributed by atoms with E-state index >= 15 is 0 Å². The minimum atomic E-state index is 0.515. The van der Waals surface area contributed by atoms with E-state index in [2.05, 4.69) is 21.1 Å². The van der Waals surface area contributed by atoms with Crippen LogP contribution >= 0.6 is 15.9 Å². The minimum absolute atomic E-state index is 0.515. The topological polar surface area (TPSA) is 52.0 Å². The Hall–Kier alpha value is -0.870. The molecule has 2 rings (SSSR count). The summed E-state index contributed by atoms with van der Waals surface area (Å²) in [6.07, 6.45) is 0. The monoisotopic (exact) mass is 240 g/mol. The summed E-state index contributed by atoms with van der Waals surface area (Å²) in [5, 5.41) is 4.91. The van der Waals surface area contributed by atoms with Crippen LogP contribution in [-0.4, -0.2) is 5.16 Å². The van der Waals surface area contributed by atoms with Crippen molar-refractivity contribution in [3.63, 3.8) is 0 Å². The molecule has 0 saturated carbocycles. The number of fused-ring (bicyclic) bond motifs is 1. The molecule has 1 aromatic heterocycles. The van der Waals surface area contributed by atoms with Gasteiger partial charge in [-0.3, -0.25) is 0 Å². The van der Waals surface area contributed by atoms with Gasteiger partial charge in [0.05, 0.1) is 5.69 Å². The van der Waals surface area contributed by atoms with Crippen LogP contribution in [-0.2, 0) is 6.54 Å². The SMILES string of the molecule is Cc1noc2cc(Br)c(CN)cc12. The zero-order valence-electron chi connectivity index (χ0n) is 7.17. The molecule has 0 aliphatic carbocycles. The normalized spacial score (nSPS) is 11.0. The predicted octanol–water partition coefficient (Wildman–Crippen LogP) is 2.36. The summed E-state index contributed by atoms with van der Waals surface area (Å²) in [4.78, 5) is 0. The van der Waals surface area contributed by atoms with Crippen LogP contribution in [0.25, 0.3) is 11.0 Å². The molecule has 0 saturated heterocycles. The van der Waals surface area contributed by atoms with E-state index < -0.39 is 0 Å². The van der Waals surface area contributed by atoms with Crippen LogP contribution in [0.5, 0.6) is 0 Å². The third-order valence-corrected chi connectivity index (χ3v) is 2.78. The molecule has 4 heteroatoms. The fourth-order valence-corrected chi connectivity index (χ4v) is 1.77. The highest BCUT2D eigenvalue weighted by molar-refractivity contribution is 9.10. The van der Waals surface area contributed by atoms with E-state index in [0.29, 0.717) is 6.54 Å². The number of hydrogen-bond donors (Lipinski definition) is 1. The van der Waals surface area contributed by atoms with Gasteiger partial charge in [0.25, 0.3) is 0 Å². The number of nitrogens with two attached hydrogens (primary N) is 1. The molecule has 0 bridgehead atoms. The molecule has 0 aliphatic heterocycles. The first kappa shape index (κ1) is 8.72. The van der Waals surface area contributed by atoms with E-state index in [1.165, 1.54) is 0 Å². The Labute approximate surface area is 84.0 Å². The van der Waals surface area contributed by atoms with Crippen molar-refractivity contribution in [3.8, 4) is 0 Å². The molecule has 0 fully saturated rings. The van der Waals surface area contributed by atoms with Crippen LogP contribution < -0.4 is 5.73 Å². The Balaban J connectivity index is 2.77. The Bertz CT molecular complexity index is 450. The quantitative estimate of drug-likeness (QED) is 0.833. The van der Waals surface area contributed by atoms with Crippen LogP contribution in [0.15, 0.2) is 21.1 Å². The maximum absolute atomic E-state index is 5.58. The molecule has 1 heterocycles. The largest absolute Gasteiger partial charge is 0.356 e. The van der Waals surface area contributed by atoms with Crippen LogP contribution in [0, 0.1) is 6.92 Å². The standard InChI is InChI=1S/C9H9BrN2O/c1-5-7-2-6(4-11)8(10)3-9(7)13-12-5/h2-3H,4,11H2,1H3. The molecule has 1 aromatic carbocycles. The molecule has 0 spiro atoms. The zero-order valence-corrected chi connectivity index (χ0v) is 8.76. The summed E-state index contributed by atoms with van der Waals surface area (Å²) in [6, 6.07) is 3.91. The molecule has 2 aromatic rings. The molecule has 3 nitrogen and oxygen atoms in total. The smallest absolute Gasteiger partial charge is 0.168 e. The van der Waals surface area contributed by atoms with Crippen LogP contribution in [0.3, 0.4) is 0 Å². The first-order chi connectivity index (χ1) is 6.22. The summed E-state index contributed by atoms with van der Waals surface area (Å²) in [7, 11) is 0. The lowest BCUT2D eigenvalue weighted by atomic mass is 10.1. The molecule has 2 N–H and O–H groups in total. The Morgan fingerprint density at radius 3 is 3.00 bits per heavy atom. The van der Waals surface area contributed by atoms with Gasteiger partial charge in [0.1, 0.15) is 0 Å². The van der Waals surface area contributed by atoms with Crippen LogP contribution in [0.4, 0.5) is 0 Å². The minimum Gasteiger partial charge on any atom is -0.356 e. The third kappa shape index (κ3) is 1.36. The average Bonchev–Trinajstić information content (AvgIpc) is 2.46. The van der Waals surface area contributed by atoms with E-state index in [-0.39, 0.29) is 0 Å². The molecule has 0 amide bonds. The Kier molecular flexibility index (Phi) is 2.09. The van der Waals surface area contributed by atoms with Crippen molar-refractivity contribution < 1.29 is 4.52 Å².